The van der Waals surface area contributed by atoms with Gasteiger partial charge >= 0.3 is 0 Å². The number of carbonyl (C=O) groups excluding carboxylic acids is 2. The van der Waals surface area contributed by atoms with E-state index in [-0.39, 0.29) is 24.5 Å². The SMILES string of the molecule is O=C(CCC(=O)N1CCc2nc(-c3ccccc3)[nH]c2C1)c1ccccc1. The Morgan fingerprint density at radius 1 is 0.963 bits per heavy atom. The van der Waals surface area contributed by atoms with E-state index in [0.717, 1.165) is 29.2 Å². The first-order valence-electron chi connectivity index (χ1n) is 9.20. The van der Waals surface area contributed by atoms with E-state index < -0.39 is 0 Å². The van der Waals surface area contributed by atoms with Crippen LogP contribution in [0.5, 0.6) is 0 Å². The summed E-state index contributed by atoms with van der Waals surface area (Å²) < 4.78 is 0. The van der Waals surface area contributed by atoms with Crippen LogP contribution in [-0.4, -0.2) is 33.1 Å². The van der Waals surface area contributed by atoms with Crippen LogP contribution in [0.15, 0.2) is 60.7 Å². The quantitative estimate of drug-likeness (QED) is 0.708. The second-order valence-corrected chi connectivity index (χ2v) is 6.73. The summed E-state index contributed by atoms with van der Waals surface area (Å²) in [6.45, 7) is 1.16. The van der Waals surface area contributed by atoms with Crippen LogP contribution in [0, 0.1) is 0 Å². The molecule has 0 saturated carbocycles. The van der Waals surface area contributed by atoms with Crippen molar-refractivity contribution in [2.45, 2.75) is 25.8 Å². The number of hydrogen-bond acceptors (Lipinski definition) is 3. The average Bonchev–Trinajstić information content (AvgIpc) is 3.16. The highest BCUT2D eigenvalue weighted by molar-refractivity contribution is 5.97. The third-order valence-electron chi connectivity index (χ3n) is 4.89. The summed E-state index contributed by atoms with van der Waals surface area (Å²) in [5.74, 6) is 0.865. The molecular weight excluding hydrogens is 338 g/mol. The zero-order valence-electron chi connectivity index (χ0n) is 15.0. The first-order chi connectivity index (χ1) is 13.2. The molecule has 0 unspecified atom stereocenters. The second kappa shape index (κ2) is 7.58. The number of amides is 1. The molecule has 3 aromatic rings. The molecule has 1 aliphatic rings. The number of ketones is 1. The van der Waals surface area contributed by atoms with Crippen LogP contribution in [0.3, 0.4) is 0 Å². The molecule has 2 aromatic carbocycles. The first kappa shape index (κ1) is 17.2. The number of nitrogens with one attached hydrogen (secondary N) is 1. The van der Waals surface area contributed by atoms with Crippen LogP contribution in [0.4, 0.5) is 0 Å². The van der Waals surface area contributed by atoms with Crippen LogP contribution in [0.25, 0.3) is 11.4 Å². The zero-order valence-corrected chi connectivity index (χ0v) is 15.0. The van der Waals surface area contributed by atoms with Gasteiger partial charge in [0.15, 0.2) is 5.78 Å². The van der Waals surface area contributed by atoms with E-state index >= 15 is 0 Å². The molecule has 27 heavy (non-hydrogen) atoms. The van der Waals surface area contributed by atoms with Crippen molar-refractivity contribution in [1.82, 2.24) is 14.9 Å². The fourth-order valence-corrected chi connectivity index (χ4v) is 3.39. The van der Waals surface area contributed by atoms with Gasteiger partial charge in [-0.2, -0.15) is 0 Å². The van der Waals surface area contributed by atoms with Crippen molar-refractivity contribution in [3.05, 3.63) is 77.6 Å². The molecule has 0 bridgehead atoms. The molecule has 0 spiro atoms. The highest BCUT2D eigenvalue weighted by Gasteiger charge is 2.24. The number of benzene rings is 2. The molecule has 5 heteroatoms. The Labute approximate surface area is 158 Å². The lowest BCUT2D eigenvalue weighted by Crippen LogP contribution is -2.36. The Bertz CT molecular complexity index is 948. The summed E-state index contributed by atoms with van der Waals surface area (Å²) in [6, 6.07) is 19.1. The number of aromatic amines is 1. The monoisotopic (exact) mass is 359 g/mol. The highest BCUT2D eigenvalue weighted by Crippen LogP contribution is 2.23. The number of fused-ring (bicyclic) bond motifs is 1. The number of nitrogens with zero attached hydrogens (tertiary/aromatic N) is 2. The van der Waals surface area contributed by atoms with Gasteiger partial charge in [-0.3, -0.25) is 9.59 Å². The van der Waals surface area contributed by atoms with Gasteiger partial charge in [-0.15, -0.1) is 0 Å². The maximum absolute atomic E-state index is 12.6. The van der Waals surface area contributed by atoms with Crippen LogP contribution in [0.2, 0.25) is 0 Å². The largest absolute Gasteiger partial charge is 0.340 e. The number of aromatic nitrogens is 2. The summed E-state index contributed by atoms with van der Waals surface area (Å²) in [7, 11) is 0. The van der Waals surface area contributed by atoms with E-state index in [1.165, 1.54) is 0 Å². The summed E-state index contributed by atoms with van der Waals surface area (Å²) in [4.78, 5) is 34.6. The number of imidazole rings is 1. The lowest BCUT2D eigenvalue weighted by atomic mass is 10.1. The molecule has 4 rings (SSSR count). The van der Waals surface area contributed by atoms with Gasteiger partial charge in [0.25, 0.3) is 0 Å². The summed E-state index contributed by atoms with van der Waals surface area (Å²) in [5, 5.41) is 0. The maximum atomic E-state index is 12.6. The lowest BCUT2D eigenvalue weighted by molar-refractivity contribution is -0.132. The number of H-pyrrole nitrogens is 1. The van der Waals surface area contributed by atoms with Crippen molar-refractivity contribution in [1.29, 1.82) is 0 Å². The number of rotatable bonds is 5. The summed E-state index contributed by atoms with van der Waals surface area (Å²) >= 11 is 0. The van der Waals surface area contributed by atoms with Crippen LogP contribution in [0.1, 0.15) is 34.6 Å². The third kappa shape index (κ3) is 3.82. The molecule has 0 saturated heterocycles. The fourth-order valence-electron chi connectivity index (χ4n) is 3.39. The molecule has 1 N–H and O–H groups in total. The van der Waals surface area contributed by atoms with Crippen molar-refractivity contribution in [3.8, 4) is 11.4 Å². The van der Waals surface area contributed by atoms with E-state index in [4.69, 9.17) is 0 Å². The minimum Gasteiger partial charge on any atom is -0.340 e. The molecule has 136 valence electrons. The maximum Gasteiger partial charge on any atom is 0.223 e. The van der Waals surface area contributed by atoms with Gasteiger partial charge in [0.2, 0.25) is 5.91 Å². The van der Waals surface area contributed by atoms with Gasteiger partial charge in [0, 0.05) is 36.9 Å². The van der Waals surface area contributed by atoms with Crippen molar-refractivity contribution in [2.75, 3.05) is 6.54 Å². The number of Topliss-reactive ketones (excluding diaryl/α,β-unsaturated/α-hetero) is 1. The van der Waals surface area contributed by atoms with Gasteiger partial charge < -0.3 is 9.88 Å². The number of carbonyl (C=O) groups is 2. The molecule has 1 aliphatic heterocycles. The van der Waals surface area contributed by atoms with Crippen molar-refractivity contribution < 1.29 is 9.59 Å². The molecule has 0 fully saturated rings. The van der Waals surface area contributed by atoms with Gasteiger partial charge in [-0.05, 0) is 0 Å². The molecule has 1 amide bonds. The van der Waals surface area contributed by atoms with Gasteiger partial charge in [-0.1, -0.05) is 60.7 Å². The summed E-state index contributed by atoms with van der Waals surface area (Å²) in [6.07, 6.45) is 1.21. The molecule has 0 radical (unpaired) electrons. The molecule has 2 heterocycles. The molecule has 0 aliphatic carbocycles. The Morgan fingerprint density at radius 3 is 2.41 bits per heavy atom. The van der Waals surface area contributed by atoms with Gasteiger partial charge in [-0.25, -0.2) is 4.98 Å². The molecule has 5 nitrogen and oxygen atoms in total. The standard InChI is InChI=1S/C22H21N3O2/c26-20(16-7-3-1-4-8-16)11-12-21(27)25-14-13-18-19(15-25)24-22(23-18)17-9-5-2-6-10-17/h1-10H,11-15H2,(H,23,24). The predicted molar refractivity (Wildman–Crippen MR) is 103 cm³/mol. The predicted octanol–water partition coefficient (Wildman–Crippen LogP) is 3.62. The van der Waals surface area contributed by atoms with Crippen molar-refractivity contribution in [2.24, 2.45) is 0 Å². The Balaban J connectivity index is 1.38. The second-order valence-electron chi connectivity index (χ2n) is 6.73. The number of hydrogen-bond donors (Lipinski definition) is 1. The van der Waals surface area contributed by atoms with E-state index in [0.29, 0.717) is 18.7 Å². The minimum atomic E-state index is 0.00885. The normalized spacial score (nSPS) is 13.3. The summed E-state index contributed by atoms with van der Waals surface area (Å²) in [5.41, 5.74) is 3.71. The average molecular weight is 359 g/mol. The highest BCUT2D eigenvalue weighted by atomic mass is 16.2. The zero-order chi connectivity index (χ0) is 18.6. The Hall–Kier alpha value is -3.21. The van der Waals surface area contributed by atoms with Crippen molar-refractivity contribution >= 4 is 11.7 Å². The smallest absolute Gasteiger partial charge is 0.223 e. The first-order valence-corrected chi connectivity index (χ1v) is 9.20. The fraction of sp³-hybridized carbons (Fsp3) is 0.227. The van der Waals surface area contributed by atoms with E-state index in [1.807, 2.05) is 53.4 Å². The van der Waals surface area contributed by atoms with E-state index in [2.05, 4.69) is 9.97 Å². The van der Waals surface area contributed by atoms with E-state index in [9.17, 15) is 9.59 Å². The Kier molecular flexibility index (Phi) is 4.83. The van der Waals surface area contributed by atoms with Gasteiger partial charge in [0.1, 0.15) is 5.82 Å². The Morgan fingerprint density at radius 2 is 1.67 bits per heavy atom. The van der Waals surface area contributed by atoms with Crippen LogP contribution >= 0.6 is 0 Å². The van der Waals surface area contributed by atoms with Crippen molar-refractivity contribution in [3.63, 3.8) is 0 Å². The molecular formula is C22H21N3O2. The van der Waals surface area contributed by atoms with Gasteiger partial charge in [0.05, 0.1) is 17.9 Å². The third-order valence-corrected chi connectivity index (χ3v) is 4.89. The topological polar surface area (TPSA) is 66.1 Å². The molecule has 0 atom stereocenters. The van der Waals surface area contributed by atoms with Crippen LogP contribution in [-0.2, 0) is 17.8 Å². The molecule has 1 aromatic heterocycles. The minimum absolute atomic E-state index is 0.00885. The van der Waals surface area contributed by atoms with Crippen LogP contribution < -0.4 is 0 Å². The lowest BCUT2D eigenvalue weighted by Gasteiger charge is -2.26. The van der Waals surface area contributed by atoms with E-state index in [1.54, 1.807) is 12.1 Å².